The molecule has 0 aliphatic heterocycles. The number of unbranched alkanes of at least 4 members (excludes halogenated alkanes) is 1. The first kappa shape index (κ1) is 16.3. The normalized spacial score (nSPS) is 11.2. The number of rotatable bonds is 6. The molecule has 5 heteroatoms. The Morgan fingerprint density at radius 1 is 1.38 bits per heavy atom. The standard InChI is InChI=1S/C16H21BrN2OS/c1-10(2)6-3-4-9-19-16(20)15-14(18)13-11(17)7-5-8-12(13)21-15/h5,7-8,10H,3-4,6,9,18H2,1-2H3,(H,19,20). The van der Waals surface area contributed by atoms with E-state index in [0.717, 1.165) is 33.3 Å². The molecule has 0 aliphatic rings. The number of hydrogen-bond acceptors (Lipinski definition) is 3. The summed E-state index contributed by atoms with van der Waals surface area (Å²) >= 11 is 4.94. The minimum atomic E-state index is -0.0647. The number of nitrogen functional groups attached to an aromatic ring is 1. The molecule has 0 saturated carbocycles. The van der Waals surface area contributed by atoms with Crippen LogP contribution in [0.2, 0.25) is 0 Å². The Bertz CT molecular complexity index is 636. The molecule has 0 saturated heterocycles. The van der Waals surface area contributed by atoms with E-state index in [-0.39, 0.29) is 5.91 Å². The molecule has 2 rings (SSSR count). The Balaban J connectivity index is 2.00. The van der Waals surface area contributed by atoms with E-state index in [1.165, 1.54) is 17.8 Å². The van der Waals surface area contributed by atoms with E-state index in [9.17, 15) is 4.79 Å². The number of thiophene rings is 1. The lowest BCUT2D eigenvalue weighted by Crippen LogP contribution is -2.24. The van der Waals surface area contributed by atoms with E-state index in [1.54, 1.807) is 0 Å². The number of anilines is 1. The van der Waals surface area contributed by atoms with Crippen LogP contribution in [0.3, 0.4) is 0 Å². The maximum absolute atomic E-state index is 12.2. The van der Waals surface area contributed by atoms with Crippen molar-refractivity contribution in [2.45, 2.75) is 33.1 Å². The summed E-state index contributed by atoms with van der Waals surface area (Å²) in [7, 11) is 0. The van der Waals surface area contributed by atoms with Crippen molar-refractivity contribution in [2.75, 3.05) is 12.3 Å². The van der Waals surface area contributed by atoms with Gasteiger partial charge in [0.15, 0.2) is 0 Å². The predicted octanol–water partition coefficient (Wildman–Crippen LogP) is 4.80. The summed E-state index contributed by atoms with van der Waals surface area (Å²) in [6.07, 6.45) is 3.36. The predicted molar refractivity (Wildman–Crippen MR) is 95.0 cm³/mol. The van der Waals surface area contributed by atoms with Gasteiger partial charge in [-0.2, -0.15) is 0 Å². The minimum absolute atomic E-state index is 0.0647. The molecular weight excluding hydrogens is 348 g/mol. The maximum atomic E-state index is 12.2. The van der Waals surface area contributed by atoms with Gasteiger partial charge in [0.2, 0.25) is 0 Å². The molecule has 21 heavy (non-hydrogen) atoms. The van der Waals surface area contributed by atoms with Gasteiger partial charge in [0.1, 0.15) is 4.88 Å². The summed E-state index contributed by atoms with van der Waals surface area (Å²) in [6.45, 7) is 5.14. The van der Waals surface area contributed by atoms with Crippen molar-refractivity contribution >= 4 is 48.9 Å². The average Bonchev–Trinajstić information content (AvgIpc) is 2.76. The lowest BCUT2D eigenvalue weighted by atomic mass is 10.1. The zero-order valence-corrected chi connectivity index (χ0v) is 14.8. The highest BCUT2D eigenvalue weighted by Crippen LogP contribution is 2.37. The molecule has 0 fully saturated rings. The van der Waals surface area contributed by atoms with E-state index in [2.05, 4.69) is 35.1 Å². The molecule has 0 bridgehead atoms. The summed E-state index contributed by atoms with van der Waals surface area (Å²) in [4.78, 5) is 12.9. The van der Waals surface area contributed by atoms with Crippen molar-refractivity contribution in [2.24, 2.45) is 5.92 Å². The Hall–Kier alpha value is -1.07. The third-order valence-corrected chi connectivity index (χ3v) is 5.23. The molecule has 1 amide bonds. The van der Waals surface area contributed by atoms with E-state index in [0.29, 0.717) is 17.1 Å². The summed E-state index contributed by atoms with van der Waals surface area (Å²) in [6, 6.07) is 5.88. The number of amides is 1. The second kappa shape index (κ2) is 7.27. The second-order valence-electron chi connectivity index (χ2n) is 5.60. The second-order valence-corrected chi connectivity index (χ2v) is 7.51. The van der Waals surface area contributed by atoms with Crippen LogP contribution in [0, 0.1) is 5.92 Å². The van der Waals surface area contributed by atoms with Crippen molar-refractivity contribution in [3.05, 3.63) is 27.5 Å². The fourth-order valence-electron chi connectivity index (χ4n) is 2.26. The summed E-state index contributed by atoms with van der Waals surface area (Å²) in [5.41, 5.74) is 6.70. The molecule has 1 heterocycles. The number of nitrogens with two attached hydrogens (primary N) is 1. The van der Waals surface area contributed by atoms with E-state index in [1.807, 2.05) is 18.2 Å². The van der Waals surface area contributed by atoms with Crippen LogP contribution in [0.4, 0.5) is 5.69 Å². The van der Waals surface area contributed by atoms with Gasteiger partial charge < -0.3 is 11.1 Å². The summed E-state index contributed by atoms with van der Waals surface area (Å²) in [5, 5.41) is 3.91. The quantitative estimate of drug-likeness (QED) is 0.719. The Kier molecular flexibility index (Phi) is 5.65. The number of carbonyl (C=O) groups excluding carboxylic acids is 1. The zero-order chi connectivity index (χ0) is 15.4. The van der Waals surface area contributed by atoms with E-state index < -0.39 is 0 Å². The van der Waals surface area contributed by atoms with Gasteiger partial charge in [0, 0.05) is 21.1 Å². The van der Waals surface area contributed by atoms with Gasteiger partial charge in [0.05, 0.1) is 5.69 Å². The SMILES string of the molecule is CC(C)CCCCNC(=O)c1sc2cccc(Br)c2c1N. The lowest BCUT2D eigenvalue weighted by molar-refractivity contribution is 0.0958. The molecule has 0 spiro atoms. The number of halogens is 1. The van der Waals surface area contributed by atoms with Gasteiger partial charge in [-0.3, -0.25) is 4.79 Å². The van der Waals surface area contributed by atoms with Crippen molar-refractivity contribution in [3.63, 3.8) is 0 Å². The topological polar surface area (TPSA) is 55.1 Å². The van der Waals surface area contributed by atoms with Crippen molar-refractivity contribution in [3.8, 4) is 0 Å². The summed E-state index contributed by atoms with van der Waals surface area (Å²) in [5.74, 6) is 0.654. The number of hydrogen-bond donors (Lipinski definition) is 2. The highest BCUT2D eigenvalue weighted by atomic mass is 79.9. The highest BCUT2D eigenvalue weighted by molar-refractivity contribution is 9.10. The van der Waals surface area contributed by atoms with Crippen LogP contribution in [0.1, 0.15) is 42.8 Å². The Labute approximate surface area is 138 Å². The van der Waals surface area contributed by atoms with Crippen LogP contribution in [-0.2, 0) is 0 Å². The van der Waals surface area contributed by atoms with Gasteiger partial charge in [-0.15, -0.1) is 11.3 Å². The number of carbonyl (C=O) groups is 1. The van der Waals surface area contributed by atoms with Gasteiger partial charge in [-0.05, 0) is 24.5 Å². The van der Waals surface area contributed by atoms with Gasteiger partial charge in [0.25, 0.3) is 5.91 Å². The number of fused-ring (bicyclic) bond motifs is 1. The molecule has 0 radical (unpaired) electrons. The molecular formula is C16H21BrN2OS. The molecule has 114 valence electrons. The number of benzene rings is 1. The molecule has 2 aromatic rings. The smallest absolute Gasteiger partial charge is 0.263 e. The average molecular weight is 369 g/mol. The fourth-order valence-corrected chi connectivity index (χ4v) is 4.03. The maximum Gasteiger partial charge on any atom is 0.263 e. The Morgan fingerprint density at radius 2 is 2.14 bits per heavy atom. The van der Waals surface area contributed by atoms with Crippen LogP contribution >= 0.6 is 27.3 Å². The van der Waals surface area contributed by atoms with Crippen molar-refractivity contribution < 1.29 is 4.79 Å². The largest absolute Gasteiger partial charge is 0.397 e. The molecule has 0 atom stereocenters. The summed E-state index contributed by atoms with van der Waals surface area (Å²) < 4.78 is 1.97. The molecule has 1 aromatic carbocycles. The van der Waals surface area contributed by atoms with E-state index in [4.69, 9.17) is 5.73 Å². The third kappa shape index (κ3) is 3.98. The van der Waals surface area contributed by atoms with Gasteiger partial charge in [-0.25, -0.2) is 0 Å². The first-order chi connectivity index (χ1) is 10.0. The van der Waals surface area contributed by atoms with E-state index >= 15 is 0 Å². The molecule has 3 nitrogen and oxygen atoms in total. The first-order valence-electron chi connectivity index (χ1n) is 7.25. The van der Waals surface area contributed by atoms with Crippen molar-refractivity contribution in [1.29, 1.82) is 0 Å². The van der Waals surface area contributed by atoms with Crippen LogP contribution in [0.5, 0.6) is 0 Å². The number of nitrogens with one attached hydrogen (secondary N) is 1. The fraction of sp³-hybridized carbons (Fsp3) is 0.438. The van der Waals surface area contributed by atoms with Crippen molar-refractivity contribution in [1.82, 2.24) is 5.32 Å². The third-order valence-electron chi connectivity index (χ3n) is 3.40. The minimum Gasteiger partial charge on any atom is -0.397 e. The first-order valence-corrected chi connectivity index (χ1v) is 8.86. The molecule has 0 unspecified atom stereocenters. The molecule has 3 N–H and O–H groups in total. The zero-order valence-electron chi connectivity index (χ0n) is 12.4. The van der Waals surface area contributed by atoms with Crippen LogP contribution < -0.4 is 11.1 Å². The van der Waals surface area contributed by atoms with Crippen LogP contribution in [0.15, 0.2) is 22.7 Å². The molecule has 0 aliphatic carbocycles. The van der Waals surface area contributed by atoms with Gasteiger partial charge in [-0.1, -0.05) is 48.7 Å². The van der Waals surface area contributed by atoms with Gasteiger partial charge >= 0.3 is 0 Å². The monoisotopic (exact) mass is 368 g/mol. The Morgan fingerprint density at radius 3 is 2.81 bits per heavy atom. The van der Waals surface area contributed by atoms with Crippen LogP contribution in [0.25, 0.3) is 10.1 Å². The molecule has 1 aromatic heterocycles. The lowest BCUT2D eigenvalue weighted by Gasteiger charge is -2.06. The highest BCUT2D eigenvalue weighted by Gasteiger charge is 2.17. The van der Waals surface area contributed by atoms with Crippen LogP contribution in [-0.4, -0.2) is 12.5 Å².